The van der Waals surface area contributed by atoms with E-state index in [0.29, 0.717) is 21.9 Å². The zero-order chi connectivity index (χ0) is 21.7. The van der Waals surface area contributed by atoms with Crippen LogP contribution < -0.4 is 10.2 Å². The van der Waals surface area contributed by atoms with Crippen LogP contribution in [-0.4, -0.2) is 12.1 Å². The number of amides is 1. The van der Waals surface area contributed by atoms with Gasteiger partial charge < -0.3 is 4.74 Å². The summed E-state index contributed by atoms with van der Waals surface area (Å²) >= 11 is 18.6. The molecule has 154 valence electrons. The standard InChI is InChI=1S/C22H16Cl3FN2O2/c1-13-2-5-16(10-18(13)23)22(29)28-27-11-15-8-19(24)21(20(25)9-15)30-12-14-3-6-17(26)7-4-14/h2-11H,12H2,1H3,(H,28,29)/b27-11-. The van der Waals surface area contributed by atoms with Gasteiger partial charge in [0.2, 0.25) is 0 Å². The smallest absolute Gasteiger partial charge is 0.271 e. The van der Waals surface area contributed by atoms with E-state index in [9.17, 15) is 9.18 Å². The number of ether oxygens (including phenoxy) is 1. The monoisotopic (exact) mass is 464 g/mol. The summed E-state index contributed by atoms with van der Waals surface area (Å²) in [7, 11) is 0. The molecule has 0 spiro atoms. The average molecular weight is 466 g/mol. The topological polar surface area (TPSA) is 50.7 Å². The molecule has 3 aromatic carbocycles. The molecule has 1 amide bonds. The number of hydrogen-bond donors (Lipinski definition) is 1. The molecule has 8 heteroatoms. The number of hydrazone groups is 1. The van der Waals surface area contributed by atoms with Crippen molar-refractivity contribution >= 4 is 46.9 Å². The number of carbonyl (C=O) groups is 1. The number of hydrogen-bond acceptors (Lipinski definition) is 3. The van der Waals surface area contributed by atoms with Gasteiger partial charge in [-0.05, 0) is 60.0 Å². The highest BCUT2D eigenvalue weighted by Gasteiger charge is 2.10. The largest absolute Gasteiger partial charge is 0.486 e. The van der Waals surface area contributed by atoms with Gasteiger partial charge in [0.1, 0.15) is 12.4 Å². The van der Waals surface area contributed by atoms with Crippen LogP contribution in [0.3, 0.4) is 0 Å². The molecule has 3 aromatic rings. The van der Waals surface area contributed by atoms with Crippen molar-refractivity contribution in [3.63, 3.8) is 0 Å². The van der Waals surface area contributed by atoms with Crippen LogP contribution in [0.4, 0.5) is 4.39 Å². The molecule has 30 heavy (non-hydrogen) atoms. The fraction of sp³-hybridized carbons (Fsp3) is 0.0909. The summed E-state index contributed by atoms with van der Waals surface area (Å²) in [6, 6.07) is 14.1. The number of nitrogens with zero attached hydrogens (tertiary/aromatic N) is 1. The van der Waals surface area contributed by atoms with E-state index in [1.165, 1.54) is 18.3 Å². The summed E-state index contributed by atoms with van der Waals surface area (Å²) < 4.78 is 18.6. The van der Waals surface area contributed by atoms with E-state index in [0.717, 1.165) is 11.1 Å². The molecule has 0 fully saturated rings. The molecule has 4 nitrogen and oxygen atoms in total. The van der Waals surface area contributed by atoms with Crippen molar-refractivity contribution in [2.75, 3.05) is 0 Å². The van der Waals surface area contributed by atoms with Gasteiger partial charge in [0, 0.05) is 10.6 Å². The van der Waals surface area contributed by atoms with E-state index in [1.807, 2.05) is 6.92 Å². The lowest BCUT2D eigenvalue weighted by atomic mass is 10.1. The first-order valence-electron chi connectivity index (χ1n) is 8.79. The second-order valence-electron chi connectivity index (χ2n) is 6.39. The first-order valence-corrected chi connectivity index (χ1v) is 9.92. The Bertz CT molecular complexity index is 1080. The van der Waals surface area contributed by atoms with Gasteiger partial charge in [-0.3, -0.25) is 4.79 Å². The van der Waals surface area contributed by atoms with Gasteiger partial charge in [0.25, 0.3) is 5.91 Å². The molecule has 0 unspecified atom stereocenters. The van der Waals surface area contributed by atoms with E-state index < -0.39 is 5.91 Å². The predicted octanol–water partition coefficient (Wildman–Crippen LogP) is 6.44. The molecule has 3 rings (SSSR count). The Balaban J connectivity index is 1.64. The summed E-state index contributed by atoms with van der Waals surface area (Å²) in [5.41, 5.74) is 5.03. The van der Waals surface area contributed by atoms with Crippen molar-refractivity contribution in [3.05, 3.63) is 97.7 Å². The van der Waals surface area contributed by atoms with Crippen molar-refractivity contribution in [2.45, 2.75) is 13.5 Å². The van der Waals surface area contributed by atoms with Crippen LogP contribution in [-0.2, 0) is 6.61 Å². The highest BCUT2D eigenvalue weighted by molar-refractivity contribution is 6.37. The number of nitrogens with one attached hydrogen (secondary N) is 1. The minimum atomic E-state index is -0.399. The molecule has 0 heterocycles. The number of carbonyl (C=O) groups excluding carboxylic acids is 1. The Hall–Kier alpha value is -2.60. The molecule has 0 aliphatic heterocycles. The molecule has 0 aliphatic carbocycles. The lowest BCUT2D eigenvalue weighted by Gasteiger charge is -2.11. The molecule has 0 bridgehead atoms. The SMILES string of the molecule is Cc1ccc(C(=O)N/N=C\c2cc(Cl)c(OCc3ccc(F)cc3)c(Cl)c2)cc1Cl. The molecular formula is C22H16Cl3FN2O2. The summed E-state index contributed by atoms with van der Waals surface area (Å²) in [5.74, 6) is -0.418. The van der Waals surface area contributed by atoms with Gasteiger partial charge >= 0.3 is 0 Å². The maximum atomic E-state index is 13.0. The number of aryl methyl sites for hydroxylation is 1. The molecule has 0 saturated heterocycles. The second-order valence-corrected chi connectivity index (χ2v) is 7.61. The van der Waals surface area contributed by atoms with Gasteiger partial charge in [-0.15, -0.1) is 0 Å². The molecule has 0 atom stereocenters. The third kappa shape index (κ3) is 5.72. The third-order valence-electron chi connectivity index (χ3n) is 4.13. The van der Waals surface area contributed by atoms with Crippen molar-refractivity contribution in [2.24, 2.45) is 5.10 Å². The Kier molecular flexibility index (Phi) is 7.32. The maximum Gasteiger partial charge on any atom is 0.271 e. The minimum Gasteiger partial charge on any atom is -0.486 e. The third-order valence-corrected chi connectivity index (χ3v) is 5.10. The van der Waals surface area contributed by atoms with Gasteiger partial charge in [-0.2, -0.15) is 5.10 Å². The first kappa shape index (κ1) is 22.1. The van der Waals surface area contributed by atoms with Crippen LogP contribution >= 0.6 is 34.8 Å². The normalized spacial score (nSPS) is 11.0. The van der Waals surface area contributed by atoms with Gasteiger partial charge in [-0.25, -0.2) is 9.82 Å². The van der Waals surface area contributed by atoms with Crippen LogP contribution in [0.1, 0.15) is 27.0 Å². The molecule has 0 aromatic heterocycles. The lowest BCUT2D eigenvalue weighted by Crippen LogP contribution is -2.17. The zero-order valence-corrected chi connectivity index (χ0v) is 18.0. The minimum absolute atomic E-state index is 0.183. The van der Waals surface area contributed by atoms with Crippen LogP contribution in [0.2, 0.25) is 15.1 Å². The van der Waals surface area contributed by atoms with Gasteiger partial charge in [0.15, 0.2) is 5.75 Å². The Morgan fingerprint density at radius 2 is 1.70 bits per heavy atom. The number of rotatable bonds is 6. The maximum absolute atomic E-state index is 13.0. The van der Waals surface area contributed by atoms with Gasteiger partial charge in [-0.1, -0.05) is 53.0 Å². The van der Waals surface area contributed by atoms with E-state index >= 15 is 0 Å². The van der Waals surface area contributed by atoms with Crippen molar-refractivity contribution in [1.82, 2.24) is 5.43 Å². The quantitative estimate of drug-likeness (QED) is 0.336. The van der Waals surface area contributed by atoms with Crippen LogP contribution in [0.5, 0.6) is 5.75 Å². The Labute approximate surface area is 188 Å². The van der Waals surface area contributed by atoms with Gasteiger partial charge in [0.05, 0.1) is 16.3 Å². The first-order chi connectivity index (χ1) is 14.3. The Morgan fingerprint density at radius 3 is 2.33 bits per heavy atom. The predicted molar refractivity (Wildman–Crippen MR) is 118 cm³/mol. The summed E-state index contributed by atoms with van der Waals surface area (Å²) in [4.78, 5) is 12.1. The number of halogens is 4. The van der Waals surface area contributed by atoms with Crippen LogP contribution in [0.25, 0.3) is 0 Å². The van der Waals surface area contributed by atoms with E-state index in [4.69, 9.17) is 39.5 Å². The van der Waals surface area contributed by atoms with Crippen LogP contribution in [0, 0.1) is 12.7 Å². The fourth-order valence-corrected chi connectivity index (χ4v) is 3.29. The van der Waals surface area contributed by atoms with E-state index in [2.05, 4.69) is 10.5 Å². The average Bonchev–Trinajstić information content (AvgIpc) is 2.70. The fourth-order valence-electron chi connectivity index (χ4n) is 2.49. The molecule has 0 radical (unpaired) electrons. The zero-order valence-electron chi connectivity index (χ0n) is 15.8. The molecule has 0 saturated carbocycles. The lowest BCUT2D eigenvalue weighted by molar-refractivity contribution is 0.0955. The highest BCUT2D eigenvalue weighted by atomic mass is 35.5. The molecular weight excluding hydrogens is 450 g/mol. The Morgan fingerprint density at radius 1 is 1.03 bits per heavy atom. The number of benzene rings is 3. The van der Waals surface area contributed by atoms with Crippen molar-refractivity contribution in [3.8, 4) is 5.75 Å². The highest BCUT2D eigenvalue weighted by Crippen LogP contribution is 2.34. The van der Waals surface area contributed by atoms with E-state index in [1.54, 1.807) is 42.5 Å². The van der Waals surface area contributed by atoms with Crippen LogP contribution in [0.15, 0.2) is 59.7 Å². The molecule has 1 N–H and O–H groups in total. The molecule has 0 aliphatic rings. The summed E-state index contributed by atoms with van der Waals surface area (Å²) in [6.07, 6.45) is 1.41. The summed E-state index contributed by atoms with van der Waals surface area (Å²) in [5, 5.41) is 4.98. The second kappa shape index (κ2) is 9.94. The summed E-state index contributed by atoms with van der Waals surface area (Å²) in [6.45, 7) is 2.03. The van der Waals surface area contributed by atoms with E-state index in [-0.39, 0.29) is 22.5 Å². The van der Waals surface area contributed by atoms with Crippen molar-refractivity contribution in [1.29, 1.82) is 0 Å². The van der Waals surface area contributed by atoms with Crippen molar-refractivity contribution < 1.29 is 13.9 Å².